The van der Waals surface area contributed by atoms with E-state index in [0.717, 1.165) is 36.5 Å². The number of nitrogens with zero attached hydrogens (tertiary/aromatic N) is 3. The summed E-state index contributed by atoms with van der Waals surface area (Å²) < 4.78 is 0. The molecule has 116 valence electrons. The molecule has 0 fully saturated rings. The number of unbranched alkanes of at least 4 members (excludes halogenated alkanes) is 1. The van der Waals surface area contributed by atoms with Crippen LogP contribution in [0.5, 0.6) is 0 Å². The maximum Gasteiger partial charge on any atom is 0.274 e. The van der Waals surface area contributed by atoms with Crippen molar-refractivity contribution >= 4 is 17.4 Å². The summed E-state index contributed by atoms with van der Waals surface area (Å²) in [5.74, 6) is 0.536. The number of anilines is 2. The second-order valence-corrected chi connectivity index (χ2v) is 5.36. The number of aromatic nitrogens is 2. The molecule has 1 N–H and O–H groups in total. The van der Waals surface area contributed by atoms with Gasteiger partial charge < -0.3 is 10.2 Å². The van der Waals surface area contributed by atoms with Crippen LogP contribution in [0.3, 0.4) is 0 Å². The summed E-state index contributed by atoms with van der Waals surface area (Å²) in [4.78, 5) is 22.6. The van der Waals surface area contributed by atoms with Crippen LogP contribution in [0.25, 0.3) is 0 Å². The first-order valence-corrected chi connectivity index (χ1v) is 7.51. The fourth-order valence-corrected chi connectivity index (χ4v) is 2.02. The highest BCUT2D eigenvalue weighted by atomic mass is 16.1. The summed E-state index contributed by atoms with van der Waals surface area (Å²) in [5.41, 5.74) is 2.28. The van der Waals surface area contributed by atoms with Crippen LogP contribution < -0.4 is 10.2 Å². The first kappa shape index (κ1) is 15.9. The summed E-state index contributed by atoms with van der Waals surface area (Å²) in [6, 6.07) is 9.39. The van der Waals surface area contributed by atoms with Gasteiger partial charge in [0.15, 0.2) is 0 Å². The molecule has 0 unspecified atom stereocenters. The molecule has 0 aliphatic rings. The molecule has 22 heavy (non-hydrogen) atoms. The number of aryl methyl sites for hydroxylation is 1. The van der Waals surface area contributed by atoms with Crippen molar-refractivity contribution in [1.82, 2.24) is 9.97 Å². The second kappa shape index (κ2) is 7.54. The van der Waals surface area contributed by atoms with E-state index in [1.54, 1.807) is 6.07 Å². The van der Waals surface area contributed by atoms with E-state index in [0.29, 0.717) is 5.69 Å². The van der Waals surface area contributed by atoms with E-state index in [9.17, 15) is 4.79 Å². The predicted octanol–water partition coefficient (Wildman–Crippen LogP) is 3.27. The maximum absolute atomic E-state index is 12.3. The lowest BCUT2D eigenvalue weighted by Crippen LogP contribution is -2.21. The Hall–Kier alpha value is -2.43. The Morgan fingerprint density at radius 2 is 1.95 bits per heavy atom. The molecule has 2 aromatic rings. The van der Waals surface area contributed by atoms with Gasteiger partial charge in [-0.2, -0.15) is 0 Å². The van der Waals surface area contributed by atoms with Gasteiger partial charge in [-0.25, -0.2) is 9.97 Å². The molecule has 0 atom stereocenters. The van der Waals surface area contributed by atoms with Gasteiger partial charge in [-0.3, -0.25) is 4.79 Å². The Morgan fingerprint density at radius 3 is 2.64 bits per heavy atom. The molecule has 1 heterocycles. The molecule has 0 bridgehead atoms. The number of rotatable bonds is 6. The summed E-state index contributed by atoms with van der Waals surface area (Å²) in [6.45, 7) is 5.06. The van der Waals surface area contributed by atoms with Gasteiger partial charge in [0.25, 0.3) is 5.91 Å². The Labute approximate surface area is 131 Å². The summed E-state index contributed by atoms with van der Waals surface area (Å²) in [5, 5.41) is 2.85. The number of amides is 1. The standard InChI is InChI=1S/C17H22N4O/c1-4-5-10-21(3)16-11-15(18-12-19-16)17(22)20-14-8-6-13(2)7-9-14/h6-9,11-12H,4-5,10H2,1-3H3,(H,20,22). The van der Waals surface area contributed by atoms with Crippen molar-refractivity contribution in [3.63, 3.8) is 0 Å². The lowest BCUT2D eigenvalue weighted by Gasteiger charge is -2.17. The fourth-order valence-electron chi connectivity index (χ4n) is 2.02. The Balaban J connectivity index is 2.08. The monoisotopic (exact) mass is 298 g/mol. The molecule has 0 aliphatic heterocycles. The van der Waals surface area contributed by atoms with E-state index in [1.807, 2.05) is 43.1 Å². The lowest BCUT2D eigenvalue weighted by molar-refractivity contribution is 0.102. The largest absolute Gasteiger partial charge is 0.360 e. The normalized spacial score (nSPS) is 10.3. The van der Waals surface area contributed by atoms with E-state index in [1.165, 1.54) is 6.33 Å². The Kier molecular flexibility index (Phi) is 5.47. The molecule has 0 aliphatic carbocycles. The second-order valence-electron chi connectivity index (χ2n) is 5.36. The van der Waals surface area contributed by atoms with Gasteiger partial charge in [0.2, 0.25) is 0 Å². The van der Waals surface area contributed by atoms with Crippen molar-refractivity contribution in [2.45, 2.75) is 26.7 Å². The molecule has 1 aromatic carbocycles. The molecule has 0 saturated carbocycles. The number of carbonyl (C=O) groups excluding carboxylic acids is 1. The van der Waals surface area contributed by atoms with Crippen LogP contribution in [-0.4, -0.2) is 29.5 Å². The van der Waals surface area contributed by atoms with Gasteiger partial charge in [-0.1, -0.05) is 31.0 Å². The highest BCUT2D eigenvalue weighted by Crippen LogP contribution is 2.13. The molecular weight excluding hydrogens is 276 g/mol. The lowest BCUT2D eigenvalue weighted by atomic mass is 10.2. The summed E-state index contributed by atoms with van der Waals surface area (Å²) in [6.07, 6.45) is 3.64. The maximum atomic E-state index is 12.3. The van der Waals surface area contributed by atoms with Crippen molar-refractivity contribution in [2.24, 2.45) is 0 Å². The van der Waals surface area contributed by atoms with Crippen LogP contribution >= 0.6 is 0 Å². The van der Waals surface area contributed by atoms with E-state index in [-0.39, 0.29) is 5.91 Å². The number of nitrogens with one attached hydrogen (secondary N) is 1. The van der Waals surface area contributed by atoms with Crippen molar-refractivity contribution in [3.8, 4) is 0 Å². The minimum atomic E-state index is -0.226. The average molecular weight is 298 g/mol. The third kappa shape index (κ3) is 4.28. The number of hydrogen-bond donors (Lipinski definition) is 1. The topological polar surface area (TPSA) is 58.1 Å². The zero-order valence-electron chi connectivity index (χ0n) is 13.3. The number of benzene rings is 1. The minimum Gasteiger partial charge on any atom is -0.360 e. The third-order valence-electron chi connectivity index (χ3n) is 3.43. The van der Waals surface area contributed by atoms with Crippen molar-refractivity contribution in [3.05, 3.63) is 47.9 Å². The summed E-state index contributed by atoms with van der Waals surface area (Å²) in [7, 11) is 1.97. The predicted molar refractivity (Wildman–Crippen MR) is 89.3 cm³/mol. The molecule has 1 amide bonds. The van der Waals surface area contributed by atoms with Crippen molar-refractivity contribution in [1.29, 1.82) is 0 Å². The minimum absolute atomic E-state index is 0.226. The van der Waals surface area contributed by atoms with Gasteiger partial charge in [-0.05, 0) is 25.5 Å². The number of hydrogen-bond acceptors (Lipinski definition) is 4. The summed E-state index contributed by atoms with van der Waals surface area (Å²) >= 11 is 0. The van der Waals surface area contributed by atoms with Crippen molar-refractivity contribution in [2.75, 3.05) is 23.8 Å². The number of carbonyl (C=O) groups is 1. The van der Waals surface area contributed by atoms with Crippen LogP contribution in [0.1, 0.15) is 35.8 Å². The molecule has 2 rings (SSSR count). The molecule has 0 spiro atoms. The smallest absolute Gasteiger partial charge is 0.274 e. The molecule has 5 heteroatoms. The van der Waals surface area contributed by atoms with Gasteiger partial charge in [0, 0.05) is 25.3 Å². The average Bonchev–Trinajstić information content (AvgIpc) is 2.54. The van der Waals surface area contributed by atoms with E-state index in [2.05, 4.69) is 22.2 Å². The quantitative estimate of drug-likeness (QED) is 0.889. The van der Waals surface area contributed by atoms with Gasteiger partial charge >= 0.3 is 0 Å². The zero-order valence-corrected chi connectivity index (χ0v) is 13.3. The fraction of sp³-hybridized carbons (Fsp3) is 0.353. The zero-order chi connectivity index (χ0) is 15.9. The first-order valence-electron chi connectivity index (χ1n) is 7.51. The molecule has 1 aromatic heterocycles. The van der Waals surface area contributed by atoms with Crippen LogP contribution in [-0.2, 0) is 0 Å². The van der Waals surface area contributed by atoms with E-state index < -0.39 is 0 Å². The van der Waals surface area contributed by atoms with E-state index >= 15 is 0 Å². The van der Waals surface area contributed by atoms with Crippen molar-refractivity contribution < 1.29 is 4.79 Å². The highest BCUT2D eigenvalue weighted by molar-refractivity contribution is 6.03. The van der Waals surface area contributed by atoms with Gasteiger partial charge in [0.1, 0.15) is 17.8 Å². The van der Waals surface area contributed by atoms with Gasteiger partial charge in [-0.15, -0.1) is 0 Å². The molecule has 5 nitrogen and oxygen atoms in total. The Bertz CT molecular complexity index is 625. The van der Waals surface area contributed by atoms with Crippen LogP contribution in [0.2, 0.25) is 0 Å². The van der Waals surface area contributed by atoms with E-state index in [4.69, 9.17) is 0 Å². The van der Waals surface area contributed by atoms with Gasteiger partial charge in [0.05, 0.1) is 0 Å². The third-order valence-corrected chi connectivity index (χ3v) is 3.43. The first-order chi connectivity index (χ1) is 10.6. The van der Waals surface area contributed by atoms with Crippen LogP contribution in [0.15, 0.2) is 36.7 Å². The highest BCUT2D eigenvalue weighted by Gasteiger charge is 2.11. The van der Waals surface area contributed by atoms with Crippen LogP contribution in [0, 0.1) is 6.92 Å². The van der Waals surface area contributed by atoms with Crippen LogP contribution in [0.4, 0.5) is 11.5 Å². The molecule has 0 radical (unpaired) electrons. The molecule has 0 saturated heterocycles. The SMILES string of the molecule is CCCCN(C)c1cc(C(=O)Nc2ccc(C)cc2)ncn1. The Morgan fingerprint density at radius 1 is 1.23 bits per heavy atom. The molecular formula is C17H22N4O.